The van der Waals surface area contributed by atoms with Gasteiger partial charge in [-0.1, -0.05) is 50.6 Å². The Morgan fingerprint density at radius 1 is 1.23 bits per heavy atom. The first kappa shape index (κ1) is 16.0. The van der Waals surface area contributed by atoms with Crippen molar-refractivity contribution in [1.29, 1.82) is 0 Å². The Hall–Kier alpha value is -0.860. The average Bonchev–Trinajstić information content (AvgIpc) is 2.90. The van der Waals surface area contributed by atoms with Gasteiger partial charge in [0.15, 0.2) is 0 Å². The Morgan fingerprint density at radius 3 is 2.73 bits per heavy atom. The quantitative estimate of drug-likeness (QED) is 0.872. The van der Waals surface area contributed by atoms with Gasteiger partial charge in [0.05, 0.1) is 12.7 Å². The first-order valence-corrected chi connectivity index (χ1v) is 8.91. The minimum Gasteiger partial charge on any atom is -0.396 e. The van der Waals surface area contributed by atoms with E-state index in [1.54, 1.807) is 0 Å². The molecule has 22 heavy (non-hydrogen) atoms. The molecule has 2 heteroatoms. The molecule has 5 atom stereocenters. The van der Waals surface area contributed by atoms with E-state index in [9.17, 15) is 5.11 Å². The van der Waals surface area contributed by atoms with Gasteiger partial charge in [-0.15, -0.1) is 0 Å². The molecule has 0 spiro atoms. The monoisotopic (exact) mass is 302 g/mol. The van der Waals surface area contributed by atoms with Gasteiger partial charge in [0.1, 0.15) is 0 Å². The molecule has 2 saturated carbocycles. The van der Waals surface area contributed by atoms with Crippen molar-refractivity contribution in [3.05, 3.63) is 35.9 Å². The van der Waals surface area contributed by atoms with E-state index in [-0.39, 0.29) is 0 Å². The maximum Gasteiger partial charge on any atom is 0.0720 e. The molecule has 0 aliphatic heterocycles. The lowest BCUT2D eigenvalue weighted by atomic mass is 9.62. The summed E-state index contributed by atoms with van der Waals surface area (Å²) in [4.78, 5) is 0. The predicted octanol–water partition coefficient (Wildman–Crippen LogP) is 4.42. The fourth-order valence-corrected chi connectivity index (χ4v) is 5.20. The number of rotatable bonds is 5. The second kappa shape index (κ2) is 6.72. The molecule has 2 aliphatic carbocycles. The van der Waals surface area contributed by atoms with E-state index >= 15 is 0 Å². The van der Waals surface area contributed by atoms with Crippen molar-refractivity contribution in [1.82, 2.24) is 0 Å². The number of aliphatic hydroxyl groups excluding tert-OH is 1. The minimum absolute atomic E-state index is 0.322. The minimum atomic E-state index is 0.322. The van der Waals surface area contributed by atoms with E-state index in [0.717, 1.165) is 6.61 Å². The van der Waals surface area contributed by atoms with Crippen LogP contribution in [-0.2, 0) is 11.3 Å². The van der Waals surface area contributed by atoms with Crippen LogP contribution in [0.1, 0.15) is 51.5 Å². The van der Waals surface area contributed by atoms with Gasteiger partial charge >= 0.3 is 0 Å². The van der Waals surface area contributed by atoms with Crippen molar-refractivity contribution < 1.29 is 9.84 Å². The maximum absolute atomic E-state index is 9.59. The van der Waals surface area contributed by atoms with Crippen molar-refractivity contribution in [3.8, 4) is 0 Å². The fraction of sp³-hybridized carbons (Fsp3) is 0.700. The molecule has 1 N–H and O–H groups in total. The molecule has 0 heterocycles. The van der Waals surface area contributed by atoms with E-state index in [2.05, 4.69) is 44.2 Å². The lowest BCUT2D eigenvalue weighted by molar-refractivity contribution is -0.0783. The number of benzene rings is 1. The molecule has 0 bridgehead atoms. The van der Waals surface area contributed by atoms with Crippen LogP contribution in [0.4, 0.5) is 0 Å². The highest BCUT2D eigenvalue weighted by Crippen LogP contribution is 2.58. The van der Waals surface area contributed by atoms with Crippen LogP contribution >= 0.6 is 0 Å². The molecule has 2 fully saturated rings. The van der Waals surface area contributed by atoms with Crippen LogP contribution in [0, 0.1) is 23.2 Å². The average molecular weight is 302 g/mol. The molecule has 122 valence electrons. The normalized spacial score (nSPS) is 36.0. The van der Waals surface area contributed by atoms with Crippen molar-refractivity contribution in [2.45, 2.75) is 58.7 Å². The largest absolute Gasteiger partial charge is 0.396 e. The lowest BCUT2D eigenvalue weighted by Gasteiger charge is -2.46. The molecule has 0 amide bonds. The van der Waals surface area contributed by atoms with E-state index in [0.29, 0.717) is 35.9 Å². The van der Waals surface area contributed by atoms with Gasteiger partial charge in [-0.2, -0.15) is 0 Å². The van der Waals surface area contributed by atoms with Gasteiger partial charge in [0.2, 0.25) is 0 Å². The molecule has 3 rings (SSSR count). The van der Waals surface area contributed by atoms with E-state index in [4.69, 9.17) is 4.74 Å². The first-order chi connectivity index (χ1) is 10.6. The molecule has 2 aliphatic rings. The van der Waals surface area contributed by atoms with Crippen molar-refractivity contribution >= 4 is 0 Å². The van der Waals surface area contributed by atoms with Crippen LogP contribution in [0.5, 0.6) is 0 Å². The van der Waals surface area contributed by atoms with Crippen LogP contribution in [-0.4, -0.2) is 17.8 Å². The summed E-state index contributed by atoms with van der Waals surface area (Å²) in [6, 6.07) is 10.5. The first-order valence-electron chi connectivity index (χ1n) is 8.91. The summed E-state index contributed by atoms with van der Waals surface area (Å²) < 4.78 is 6.35. The standard InChI is InChI=1S/C20H30O2/c1-15(13-21)17-10-11-18-19(9-6-12-20(17,18)2)22-14-16-7-4-3-5-8-16/h3-5,7-8,15,17-19,21H,6,9-14H2,1-2H3/t15-,17-,18+,19+,20-/m1/s1. The molecule has 0 radical (unpaired) electrons. The summed E-state index contributed by atoms with van der Waals surface area (Å²) in [5.74, 6) is 1.75. The van der Waals surface area contributed by atoms with Gasteiger partial charge in [-0.05, 0) is 54.4 Å². The van der Waals surface area contributed by atoms with Gasteiger partial charge in [-0.25, -0.2) is 0 Å². The number of fused-ring (bicyclic) bond motifs is 1. The number of ether oxygens (including phenoxy) is 1. The zero-order valence-electron chi connectivity index (χ0n) is 14.0. The van der Waals surface area contributed by atoms with E-state index in [1.807, 2.05) is 0 Å². The third-order valence-corrected chi connectivity index (χ3v) is 6.42. The Labute approximate surface area is 134 Å². The highest BCUT2D eigenvalue weighted by molar-refractivity contribution is 5.13. The van der Waals surface area contributed by atoms with Crippen LogP contribution in [0.15, 0.2) is 30.3 Å². The summed E-state index contributed by atoms with van der Waals surface area (Å²) in [6.45, 7) is 5.73. The Kier molecular flexibility index (Phi) is 4.89. The highest BCUT2D eigenvalue weighted by atomic mass is 16.5. The van der Waals surface area contributed by atoms with Gasteiger partial charge in [0, 0.05) is 6.61 Å². The van der Waals surface area contributed by atoms with Crippen LogP contribution in [0.3, 0.4) is 0 Å². The third-order valence-electron chi connectivity index (χ3n) is 6.42. The summed E-state index contributed by atoms with van der Waals surface area (Å²) >= 11 is 0. The van der Waals surface area contributed by atoms with Gasteiger partial charge < -0.3 is 9.84 Å². The topological polar surface area (TPSA) is 29.5 Å². The zero-order valence-corrected chi connectivity index (χ0v) is 14.0. The van der Waals surface area contributed by atoms with Crippen LogP contribution in [0.2, 0.25) is 0 Å². The van der Waals surface area contributed by atoms with Crippen molar-refractivity contribution in [3.63, 3.8) is 0 Å². The summed E-state index contributed by atoms with van der Waals surface area (Å²) in [5, 5.41) is 9.59. The van der Waals surface area contributed by atoms with Gasteiger partial charge in [-0.3, -0.25) is 0 Å². The molecule has 0 unspecified atom stereocenters. The van der Waals surface area contributed by atoms with Crippen LogP contribution < -0.4 is 0 Å². The van der Waals surface area contributed by atoms with E-state index in [1.165, 1.54) is 37.7 Å². The van der Waals surface area contributed by atoms with Gasteiger partial charge in [0.25, 0.3) is 0 Å². The summed E-state index contributed by atoms with van der Waals surface area (Å²) in [5.41, 5.74) is 1.63. The maximum atomic E-state index is 9.59. The highest BCUT2D eigenvalue weighted by Gasteiger charge is 2.52. The number of aliphatic hydroxyl groups is 1. The SMILES string of the molecule is C[C@H](CO)[C@H]1CC[C@H]2[C@@H](OCc3ccccc3)CCC[C@]12C. The molecule has 1 aromatic carbocycles. The third kappa shape index (κ3) is 2.96. The lowest BCUT2D eigenvalue weighted by Crippen LogP contribution is -2.43. The Balaban J connectivity index is 1.67. The molecular formula is C20H30O2. The smallest absolute Gasteiger partial charge is 0.0720 e. The Bertz CT molecular complexity index is 472. The summed E-state index contributed by atoms with van der Waals surface area (Å²) in [6.07, 6.45) is 6.69. The number of hydrogen-bond donors (Lipinski definition) is 1. The molecule has 1 aromatic rings. The number of hydrogen-bond acceptors (Lipinski definition) is 2. The Morgan fingerprint density at radius 2 is 2.00 bits per heavy atom. The fourth-order valence-electron chi connectivity index (χ4n) is 5.20. The summed E-state index contributed by atoms with van der Waals surface area (Å²) in [7, 11) is 0. The molecular weight excluding hydrogens is 272 g/mol. The van der Waals surface area contributed by atoms with E-state index < -0.39 is 0 Å². The second-order valence-corrected chi connectivity index (χ2v) is 7.68. The zero-order chi connectivity index (χ0) is 15.6. The van der Waals surface area contributed by atoms with Crippen molar-refractivity contribution in [2.75, 3.05) is 6.61 Å². The molecule has 0 aromatic heterocycles. The molecule has 0 saturated heterocycles. The van der Waals surface area contributed by atoms with Crippen molar-refractivity contribution in [2.24, 2.45) is 23.2 Å². The second-order valence-electron chi connectivity index (χ2n) is 7.68. The molecule has 2 nitrogen and oxygen atoms in total. The van der Waals surface area contributed by atoms with Crippen LogP contribution in [0.25, 0.3) is 0 Å². The predicted molar refractivity (Wildman–Crippen MR) is 89.4 cm³/mol.